The molecule has 0 unspecified atom stereocenters. The van der Waals surface area contributed by atoms with E-state index in [2.05, 4.69) is 18.7 Å². The maximum absolute atomic E-state index is 9.50. The Kier molecular flexibility index (Phi) is 6.16. The molecular weight excluding hydrogens is 226 g/mol. The van der Waals surface area contributed by atoms with E-state index in [-0.39, 0.29) is 0 Å². The van der Waals surface area contributed by atoms with E-state index in [0.29, 0.717) is 6.61 Å². The average Bonchev–Trinajstić information content (AvgIpc) is 2.36. The zero-order valence-corrected chi connectivity index (χ0v) is 11.9. The minimum Gasteiger partial charge on any atom is -0.492 e. The van der Waals surface area contributed by atoms with Crippen LogP contribution in [0.15, 0.2) is 18.2 Å². The van der Waals surface area contributed by atoms with Crippen molar-refractivity contribution in [3.05, 3.63) is 29.3 Å². The van der Waals surface area contributed by atoms with E-state index >= 15 is 0 Å². The molecule has 0 aliphatic heterocycles. The Hall–Kier alpha value is -1.06. The fraction of sp³-hybridized carbons (Fsp3) is 0.600. The van der Waals surface area contributed by atoms with Crippen molar-refractivity contribution in [2.45, 2.75) is 33.8 Å². The number of aryl methyl sites for hydroxylation is 1. The molecule has 0 heterocycles. The van der Waals surface area contributed by atoms with Gasteiger partial charge in [-0.1, -0.05) is 19.9 Å². The quantitative estimate of drug-likeness (QED) is 0.809. The maximum atomic E-state index is 9.50. The van der Waals surface area contributed by atoms with Gasteiger partial charge in [0.25, 0.3) is 0 Å². The molecule has 102 valence electrons. The Labute approximate surface area is 110 Å². The lowest BCUT2D eigenvalue weighted by atomic mass is 10.1. The lowest BCUT2D eigenvalue weighted by Gasteiger charge is -2.19. The fourth-order valence-corrected chi connectivity index (χ4v) is 1.92. The number of rotatable bonds is 7. The number of nitrogens with zero attached hydrogens (tertiary/aromatic N) is 1. The van der Waals surface area contributed by atoms with Crippen LogP contribution in [0, 0.1) is 6.92 Å². The molecule has 1 aromatic carbocycles. The van der Waals surface area contributed by atoms with Crippen molar-refractivity contribution in [2.75, 3.05) is 26.2 Å². The van der Waals surface area contributed by atoms with Crippen LogP contribution in [0.25, 0.3) is 0 Å². The van der Waals surface area contributed by atoms with Crippen molar-refractivity contribution >= 4 is 0 Å². The molecule has 0 aliphatic carbocycles. The Bertz CT molecular complexity index is 360. The smallest absolute Gasteiger partial charge is 0.122 e. The van der Waals surface area contributed by atoms with Crippen molar-refractivity contribution in [3.8, 4) is 5.75 Å². The van der Waals surface area contributed by atoms with Gasteiger partial charge in [-0.25, -0.2) is 0 Å². The number of aliphatic hydroxyl groups is 1. The van der Waals surface area contributed by atoms with Gasteiger partial charge in [-0.05, 0) is 50.2 Å². The Balaban J connectivity index is 2.53. The van der Waals surface area contributed by atoms with E-state index in [1.54, 1.807) is 6.92 Å². The molecule has 1 rings (SSSR count). The number of aliphatic hydroxyl groups excluding tert-OH is 1. The first-order valence-corrected chi connectivity index (χ1v) is 6.72. The first kappa shape index (κ1) is 15.0. The van der Waals surface area contributed by atoms with Crippen LogP contribution in [-0.2, 0) is 0 Å². The lowest BCUT2D eigenvalue weighted by Crippen LogP contribution is -2.28. The predicted octanol–water partition coefficient (Wildman–Crippen LogP) is 2.77. The largest absolute Gasteiger partial charge is 0.492 e. The van der Waals surface area contributed by atoms with Gasteiger partial charge in [-0.3, -0.25) is 0 Å². The van der Waals surface area contributed by atoms with Gasteiger partial charge in [0.1, 0.15) is 12.4 Å². The molecular formula is C15H25NO2. The molecule has 3 nitrogen and oxygen atoms in total. The van der Waals surface area contributed by atoms with Crippen molar-refractivity contribution < 1.29 is 9.84 Å². The first-order valence-electron chi connectivity index (χ1n) is 6.72. The highest BCUT2D eigenvalue weighted by atomic mass is 16.5. The summed E-state index contributed by atoms with van der Waals surface area (Å²) in [6, 6.07) is 5.85. The number of likely N-dealkylation sites (N-methyl/N-ethyl adjacent to an activating group) is 1. The predicted molar refractivity (Wildman–Crippen MR) is 75.1 cm³/mol. The minimum atomic E-state index is -0.423. The number of benzene rings is 1. The van der Waals surface area contributed by atoms with Crippen LogP contribution in [0.5, 0.6) is 5.75 Å². The summed E-state index contributed by atoms with van der Waals surface area (Å²) < 4.78 is 5.78. The Morgan fingerprint density at radius 3 is 2.44 bits per heavy atom. The van der Waals surface area contributed by atoms with Crippen LogP contribution in [-0.4, -0.2) is 36.2 Å². The van der Waals surface area contributed by atoms with Crippen LogP contribution >= 0.6 is 0 Å². The van der Waals surface area contributed by atoms with E-state index < -0.39 is 6.10 Å². The molecule has 0 bridgehead atoms. The van der Waals surface area contributed by atoms with Crippen molar-refractivity contribution in [1.29, 1.82) is 0 Å². The lowest BCUT2D eigenvalue weighted by molar-refractivity contribution is 0.198. The summed E-state index contributed by atoms with van der Waals surface area (Å²) in [5.74, 6) is 0.909. The standard InChI is InChI=1S/C15H25NO2/c1-5-16(6-2)9-10-18-15-8-7-14(13(4)17)11-12(15)3/h7-8,11,13,17H,5-6,9-10H2,1-4H3/t13-/m1/s1. The van der Waals surface area contributed by atoms with Gasteiger partial charge in [-0.2, -0.15) is 0 Å². The summed E-state index contributed by atoms with van der Waals surface area (Å²) in [5, 5.41) is 9.50. The van der Waals surface area contributed by atoms with Crippen LogP contribution < -0.4 is 4.74 Å². The number of hydrogen-bond acceptors (Lipinski definition) is 3. The molecule has 1 N–H and O–H groups in total. The fourth-order valence-electron chi connectivity index (χ4n) is 1.92. The van der Waals surface area contributed by atoms with Crippen molar-refractivity contribution in [1.82, 2.24) is 4.90 Å². The zero-order chi connectivity index (χ0) is 13.5. The molecule has 0 aromatic heterocycles. The molecule has 0 spiro atoms. The van der Waals surface area contributed by atoms with Gasteiger partial charge >= 0.3 is 0 Å². The van der Waals surface area contributed by atoms with Gasteiger partial charge in [-0.15, -0.1) is 0 Å². The van der Waals surface area contributed by atoms with Gasteiger partial charge in [0.2, 0.25) is 0 Å². The van der Waals surface area contributed by atoms with E-state index in [1.165, 1.54) is 0 Å². The maximum Gasteiger partial charge on any atom is 0.122 e. The van der Waals surface area contributed by atoms with Crippen LogP contribution in [0.4, 0.5) is 0 Å². The third kappa shape index (κ3) is 4.31. The number of ether oxygens (including phenoxy) is 1. The van der Waals surface area contributed by atoms with Crippen LogP contribution in [0.2, 0.25) is 0 Å². The molecule has 0 saturated heterocycles. The third-order valence-corrected chi connectivity index (χ3v) is 3.24. The van der Waals surface area contributed by atoms with E-state index in [4.69, 9.17) is 4.74 Å². The molecule has 0 saturated carbocycles. The van der Waals surface area contributed by atoms with E-state index in [0.717, 1.165) is 36.5 Å². The normalized spacial score (nSPS) is 12.8. The summed E-state index contributed by atoms with van der Waals surface area (Å²) in [5.41, 5.74) is 2.01. The molecule has 0 radical (unpaired) electrons. The Morgan fingerprint density at radius 1 is 1.28 bits per heavy atom. The van der Waals surface area contributed by atoms with Crippen molar-refractivity contribution in [3.63, 3.8) is 0 Å². The second-order valence-corrected chi connectivity index (χ2v) is 4.58. The highest BCUT2D eigenvalue weighted by molar-refractivity contribution is 5.36. The zero-order valence-electron chi connectivity index (χ0n) is 11.9. The molecule has 3 heteroatoms. The second kappa shape index (κ2) is 7.39. The van der Waals surface area contributed by atoms with E-state index in [1.807, 2.05) is 25.1 Å². The highest BCUT2D eigenvalue weighted by Crippen LogP contribution is 2.22. The second-order valence-electron chi connectivity index (χ2n) is 4.58. The summed E-state index contributed by atoms with van der Waals surface area (Å²) in [7, 11) is 0. The van der Waals surface area contributed by atoms with Gasteiger partial charge in [0, 0.05) is 6.54 Å². The average molecular weight is 251 g/mol. The van der Waals surface area contributed by atoms with Crippen LogP contribution in [0.1, 0.15) is 38.0 Å². The molecule has 18 heavy (non-hydrogen) atoms. The topological polar surface area (TPSA) is 32.7 Å². The monoisotopic (exact) mass is 251 g/mol. The Morgan fingerprint density at radius 2 is 1.94 bits per heavy atom. The van der Waals surface area contributed by atoms with Crippen molar-refractivity contribution in [2.24, 2.45) is 0 Å². The summed E-state index contributed by atoms with van der Waals surface area (Å²) in [6.45, 7) is 11.9. The van der Waals surface area contributed by atoms with Crippen LogP contribution in [0.3, 0.4) is 0 Å². The molecule has 0 fully saturated rings. The molecule has 1 atom stereocenters. The SMILES string of the molecule is CCN(CC)CCOc1ccc([C@@H](C)O)cc1C. The first-order chi connectivity index (χ1) is 8.58. The summed E-state index contributed by atoms with van der Waals surface area (Å²) in [4.78, 5) is 2.33. The number of hydrogen-bond donors (Lipinski definition) is 1. The third-order valence-electron chi connectivity index (χ3n) is 3.24. The molecule has 1 aromatic rings. The van der Waals surface area contributed by atoms with Gasteiger partial charge < -0.3 is 14.7 Å². The molecule has 0 amide bonds. The van der Waals surface area contributed by atoms with Gasteiger partial charge in [0.15, 0.2) is 0 Å². The van der Waals surface area contributed by atoms with Gasteiger partial charge in [0.05, 0.1) is 6.10 Å². The van der Waals surface area contributed by atoms with E-state index in [9.17, 15) is 5.11 Å². The molecule has 0 aliphatic rings. The summed E-state index contributed by atoms with van der Waals surface area (Å²) in [6.07, 6.45) is -0.423. The summed E-state index contributed by atoms with van der Waals surface area (Å²) >= 11 is 0. The minimum absolute atomic E-state index is 0.423. The highest BCUT2D eigenvalue weighted by Gasteiger charge is 2.05.